The zero-order valence-electron chi connectivity index (χ0n) is 10.7. The number of hydrogen-bond donors (Lipinski definition) is 2. The molecule has 2 aromatic heterocycles. The molecule has 2 aromatic rings. The predicted molar refractivity (Wildman–Crippen MR) is 65.7 cm³/mol. The smallest absolute Gasteiger partial charge is 0.360 e. The summed E-state index contributed by atoms with van der Waals surface area (Å²) >= 11 is 0. The van der Waals surface area contributed by atoms with Crippen molar-refractivity contribution in [3.05, 3.63) is 22.9 Å². The maximum atomic E-state index is 11.5. The van der Waals surface area contributed by atoms with Crippen LogP contribution in [0.3, 0.4) is 0 Å². The Bertz CT molecular complexity index is 592. The average Bonchev–Trinajstić information content (AvgIpc) is 2.80. The van der Waals surface area contributed by atoms with Crippen LogP contribution in [0.25, 0.3) is 5.69 Å². The van der Waals surface area contributed by atoms with Crippen molar-refractivity contribution in [1.29, 1.82) is 0 Å². The highest BCUT2D eigenvalue weighted by molar-refractivity contribution is 5.92. The van der Waals surface area contributed by atoms with Gasteiger partial charge in [-0.15, -0.1) is 0 Å². The standard InChI is InChI=1S/C11H15N5O2/c1-5-9(6(2)15-14-5)16-7(3)13-8(10(16)12)11(17)18-4/h12H2,1-4H3,(H,14,15). The molecule has 0 radical (unpaired) electrons. The Kier molecular flexibility index (Phi) is 2.82. The molecule has 0 unspecified atom stereocenters. The number of nitrogen functional groups attached to an aromatic ring is 1. The second-order valence-electron chi connectivity index (χ2n) is 4.00. The van der Waals surface area contributed by atoms with Crippen LogP contribution in [0.4, 0.5) is 5.82 Å². The van der Waals surface area contributed by atoms with E-state index >= 15 is 0 Å². The minimum Gasteiger partial charge on any atom is -0.464 e. The van der Waals surface area contributed by atoms with Crippen molar-refractivity contribution in [2.45, 2.75) is 20.8 Å². The van der Waals surface area contributed by atoms with E-state index in [4.69, 9.17) is 5.73 Å². The fourth-order valence-electron chi connectivity index (χ4n) is 1.95. The highest BCUT2D eigenvalue weighted by Crippen LogP contribution is 2.24. The van der Waals surface area contributed by atoms with Crippen molar-refractivity contribution < 1.29 is 9.53 Å². The fourth-order valence-corrected chi connectivity index (χ4v) is 1.95. The van der Waals surface area contributed by atoms with Crippen molar-refractivity contribution in [1.82, 2.24) is 19.7 Å². The lowest BCUT2D eigenvalue weighted by Crippen LogP contribution is -2.08. The van der Waals surface area contributed by atoms with Gasteiger partial charge in [0.15, 0.2) is 5.69 Å². The summed E-state index contributed by atoms with van der Waals surface area (Å²) in [6, 6.07) is 0. The van der Waals surface area contributed by atoms with E-state index in [2.05, 4.69) is 19.9 Å². The average molecular weight is 249 g/mol. The van der Waals surface area contributed by atoms with Gasteiger partial charge >= 0.3 is 5.97 Å². The number of esters is 1. The molecule has 0 bridgehead atoms. The molecule has 0 spiro atoms. The molecule has 96 valence electrons. The Balaban J connectivity index is 2.67. The van der Waals surface area contributed by atoms with Gasteiger partial charge in [0, 0.05) is 0 Å². The Morgan fingerprint density at radius 2 is 2.06 bits per heavy atom. The van der Waals surface area contributed by atoms with E-state index in [1.807, 2.05) is 13.8 Å². The van der Waals surface area contributed by atoms with Crippen molar-refractivity contribution in [2.75, 3.05) is 12.8 Å². The summed E-state index contributed by atoms with van der Waals surface area (Å²) in [5, 5.41) is 6.98. The molecule has 0 aliphatic rings. The summed E-state index contributed by atoms with van der Waals surface area (Å²) in [7, 11) is 1.30. The van der Waals surface area contributed by atoms with Crippen LogP contribution >= 0.6 is 0 Å². The van der Waals surface area contributed by atoms with Crippen molar-refractivity contribution in [2.24, 2.45) is 0 Å². The van der Waals surface area contributed by atoms with Crippen molar-refractivity contribution in [3.8, 4) is 5.69 Å². The molecule has 18 heavy (non-hydrogen) atoms. The zero-order valence-corrected chi connectivity index (χ0v) is 10.7. The first-order valence-corrected chi connectivity index (χ1v) is 5.42. The SMILES string of the molecule is COC(=O)c1nc(C)n(-c2c(C)n[nH]c2C)c1N. The molecular weight excluding hydrogens is 234 g/mol. The number of methoxy groups -OCH3 is 1. The van der Waals surface area contributed by atoms with Crippen LogP contribution < -0.4 is 5.73 Å². The van der Waals surface area contributed by atoms with Crippen LogP contribution in [0.1, 0.15) is 27.7 Å². The maximum Gasteiger partial charge on any atom is 0.360 e. The van der Waals surface area contributed by atoms with Gasteiger partial charge in [-0.2, -0.15) is 5.10 Å². The number of H-pyrrole nitrogens is 1. The number of hydrogen-bond acceptors (Lipinski definition) is 5. The van der Waals surface area contributed by atoms with E-state index in [9.17, 15) is 4.79 Å². The summed E-state index contributed by atoms with van der Waals surface area (Å²) < 4.78 is 6.34. The van der Waals surface area contributed by atoms with Crippen molar-refractivity contribution in [3.63, 3.8) is 0 Å². The van der Waals surface area contributed by atoms with E-state index in [0.29, 0.717) is 5.82 Å². The number of imidazole rings is 1. The molecule has 0 saturated heterocycles. The van der Waals surface area contributed by atoms with Gasteiger partial charge in [-0.05, 0) is 20.8 Å². The van der Waals surface area contributed by atoms with E-state index in [1.54, 1.807) is 11.5 Å². The van der Waals surface area contributed by atoms with Gasteiger partial charge in [0.1, 0.15) is 11.6 Å². The number of ether oxygens (including phenoxy) is 1. The third-order valence-corrected chi connectivity index (χ3v) is 2.77. The van der Waals surface area contributed by atoms with Gasteiger partial charge < -0.3 is 10.5 Å². The summed E-state index contributed by atoms with van der Waals surface area (Å²) in [5.74, 6) is 0.320. The number of aryl methyl sites for hydroxylation is 3. The van der Waals surface area contributed by atoms with Gasteiger partial charge in [0.25, 0.3) is 0 Å². The molecule has 0 saturated carbocycles. The van der Waals surface area contributed by atoms with E-state index in [0.717, 1.165) is 17.1 Å². The third kappa shape index (κ3) is 1.64. The molecule has 0 atom stereocenters. The number of carbonyl (C=O) groups is 1. The Hall–Kier alpha value is -2.31. The molecule has 0 fully saturated rings. The zero-order chi connectivity index (χ0) is 13.4. The molecule has 0 aliphatic carbocycles. The Morgan fingerprint density at radius 1 is 1.39 bits per heavy atom. The highest BCUT2D eigenvalue weighted by Gasteiger charge is 2.22. The first-order valence-electron chi connectivity index (χ1n) is 5.42. The number of nitrogens with zero attached hydrogens (tertiary/aromatic N) is 3. The van der Waals surface area contributed by atoms with Gasteiger partial charge in [-0.1, -0.05) is 0 Å². The lowest BCUT2D eigenvalue weighted by atomic mass is 10.3. The van der Waals surface area contributed by atoms with Crippen LogP contribution in [0, 0.1) is 20.8 Å². The molecule has 2 rings (SSSR count). The molecule has 3 N–H and O–H groups in total. The Morgan fingerprint density at radius 3 is 2.56 bits per heavy atom. The number of nitrogens with two attached hydrogens (primary N) is 1. The van der Waals surface area contributed by atoms with Crippen LogP contribution in [0.5, 0.6) is 0 Å². The monoisotopic (exact) mass is 249 g/mol. The molecule has 7 heteroatoms. The molecule has 2 heterocycles. The first kappa shape index (κ1) is 12.2. The van der Waals surface area contributed by atoms with Crippen LogP contribution in [-0.2, 0) is 4.74 Å². The number of anilines is 1. The minimum absolute atomic E-state index is 0.120. The van der Waals surface area contributed by atoms with E-state index in [-0.39, 0.29) is 11.5 Å². The number of nitrogens with one attached hydrogen (secondary N) is 1. The summed E-state index contributed by atoms with van der Waals surface area (Å²) in [6.07, 6.45) is 0. The van der Waals surface area contributed by atoms with Gasteiger partial charge in [0.2, 0.25) is 0 Å². The maximum absolute atomic E-state index is 11.5. The minimum atomic E-state index is -0.548. The fraction of sp³-hybridized carbons (Fsp3) is 0.364. The second-order valence-corrected chi connectivity index (χ2v) is 4.00. The summed E-state index contributed by atoms with van der Waals surface area (Å²) in [4.78, 5) is 15.7. The number of aromatic nitrogens is 4. The third-order valence-electron chi connectivity index (χ3n) is 2.77. The molecule has 0 amide bonds. The van der Waals surface area contributed by atoms with Crippen LogP contribution in [0.15, 0.2) is 0 Å². The van der Waals surface area contributed by atoms with Crippen LogP contribution in [0.2, 0.25) is 0 Å². The molecule has 0 aliphatic heterocycles. The quantitative estimate of drug-likeness (QED) is 0.770. The number of aromatic amines is 1. The number of rotatable bonds is 2. The molecular formula is C11H15N5O2. The predicted octanol–water partition coefficient (Wildman–Crippen LogP) is 0.889. The number of carbonyl (C=O) groups excluding carboxylic acids is 1. The van der Waals surface area contributed by atoms with Crippen LogP contribution in [-0.4, -0.2) is 32.8 Å². The molecule has 0 aromatic carbocycles. The van der Waals surface area contributed by atoms with Gasteiger partial charge in [0.05, 0.1) is 24.2 Å². The lowest BCUT2D eigenvalue weighted by Gasteiger charge is -2.07. The topological polar surface area (TPSA) is 98.8 Å². The first-order chi connectivity index (χ1) is 8.47. The van der Waals surface area contributed by atoms with E-state index in [1.165, 1.54) is 7.11 Å². The highest BCUT2D eigenvalue weighted by atomic mass is 16.5. The van der Waals surface area contributed by atoms with Gasteiger partial charge in [-0.25, -0.2) is 9.78 Å². The Labute approximate surface area is 104 Å². The summed E-state index contributed by atoms with van der Waals surface area (Å²) in [6.45, 7) is 5.51. The lowest BCUT2D eigenvalue weighted by molar-refractivity contribution is 0.0596. The van der Waals surface area contributed by atoms with Gasteiger partial charge in [-0.3, -0.25) is 9.67 Å². The van der Waals surface area contributed by atoms with E-state index < -0.39 is 5.97 Å². The van der Waals surface area contributed by atoms with Crippen molar-refractivity contribution >= 4 is 11.8 Å². The molecule has 7 nitrogen and oxygen atoms in total. The normalized spacial score (nSPS) is 10.7. The largest absolute Gasteiger partial charge is 0.464 e. The summed E-state index contributed by atoms with van der Waals surface area (Å²) in [5.41, 5.74) is 8.55. The second kappa shape index (κ2) is 4.17.